The van der Waals surface area contributed by atoms with Crippen LogP contribution in [0.4, 0.5) is 0 Å². The molecule has 2 heteroatoms. The Labute approximate surface area is 72.5 Å². The fourth-order valence-corrected chi connectivity index (χ4v) is 4.76. The number of fused-ring (bicyclic) bond motifs is 1. The van der Waals surface area contributed by atoms with Gasteiger partial charge in [-0.3, -0.25) is 4.79 Å². The summed E-state index contributed by atoms with van der Waals surface area (Å²) in [5, 5.41) is 0. The lowest BCUT2D eigenvalue weighted by Gasteiger charge is -2.81. The Morgan fingerprint density at radius 2 is 2.17 bits per heavy atom. The number of carbonyl (C=O) groups is 1. The Kier molecular flexibility index (Phi) is 0.774. The smallest absolute Gasteiger partial charge is 0.224 e. The summed E-state index contributed by atoms with van der Waals surface area (Å²) >= 11 is 0. The predicted molar refractivity (Wildman–Crippen MR) is 45.2 cm³/mol. The average molecular weight is 165 g/mol. The molecule has 0 aliphatic heterocycles. The molecule has 0 unspecified atom stereocenters. The van der Waals surface area contributed by atoms with Gasteiger partial charge in [-0.2, -0.15) is 0 Å². The van der Waals surface area contributed by atoms with Crippen molar-refractivity contribution in [1.82, 2.24) is 0 Å². The van der Waals surface area contributed by atoms with E-state index in [9.17, 15) is 4.79 Å². The molecule has 0 radical (unpaired) electrons. The van der Waals surface area contributed by atoms with Crippen LogP contribution in [-0.4, -0.2) is 5.91 Å². The molecule has 2 N–H and O–H groups in total. The Hall–Kier alpha value is -0.530. The minimum atomic E-state index is -0.0677. The zero-order valence-corrected chi connectivity index (χ0v) is 7.68. The molecular weight excluding hydrogens is 150 g/mol. The number of rotatable bonds is 1. The maximum absolute atomic E-state index is 11.4. The van der Waals surface area contributed by atoms with Gasteiger partial charge in [0.15, 0.2) is 0 Å². The third kappa shape index (κ3) is 0.301. The summed E-state index contributed by atoms with van der Waals surface area (Å²) in [6.45, 7) is 4.58. The number of nitrogens with two attached hydrogens (primary N) is 1. The molecule has 5 saturated carbocycles. The van der Waals surface area contributed by atoms with Crippen molar-refractivity contribution in [3.63, 3.8) is 0 Å². The molecule has 0 aromatic heterocycles. The van der Waals surface area contributed by atoms with Gasteiger partial charge in [0.1, 0.15) is 0 Å². The number of hydrogen-bond acceptors (Lipinski definition) is 1. The highest BCUT2D eigenvalue weighted by molar-refractivity contribution is 5.88. The number of carbonyl (C=O) groups excluding carboxylic acids is 1. The van der Waals surface area contributed by atoms with Crippen molar-refractivity contribution in [3.8, 4) is 0 Å². The van der Waals surface area contributed by atoms with Crippen LogP contribution in [0.15, 0.2) is 0 Å². The van der Waals surface area contributed by atoms with Gasteiger partial charge in [-0.25, -0.2) is 0 Å². The van der Waals surface area contributed by atoms with Crippen LogP contribution < -0.4 is 5.73 Å². The molecular formula is C10H15NO. The van der Waals surface area contributed by atoms with E-state index in [4.69, 9.17) is 5.73 Å². The molecule has 2 nitrogen and oxygen atoms in total. The second kappa shape index (κ2) is 1.34. The molecule has 5 fully saturated rings. The molecule has 0 saturated heterocycles. The minimum absolute atomic E-state index is 0.0313. The highest BCUT2D eigenvalue weighted by Crippen LogP contribution is 2.93. The van der Waals surface area contributed by atoms with Crippen LogP contribution in [0, 0.1) is 22.2 Å². The third-order valence-electron chi connectivity index (χ3n) is 5.63. The van der Waals surface area contributed by atoms with E-state index in [2.05, 4.69) is 13.8 Å². The van der Waals surface area contributed by atoms with Crippen molar-refractivity contribution in [1.29, 1.82) is 0 Å². The number of primary amides is 1. The maximum atomic E-state index is 11.4. The first-order valence-electron chi connectivity index (χ1n) is 4.79. The first-order valence-corrected chi connectivity index (χ1v) is 4.79. The maximum Gasteiger partial charge on any atom is 0.224 e. The monoisotopic (exact) mass is 165 g/mol. The average Bonchev–Trinajstić information content (AvgIpc) is 2.33. The van der Waals surface area contributed by atoms with Gasteiger partial charge >= 0.3 is 0 Å². The Morgan fingerprint density at radius 3 is 2.42 bits per heavy atom. The van der Waals surface area contributed by atoms with Crippen molar-refractivity contribution in [2.75, 3.05) is 0 Å². The summed E-state index contributed by atoms with van der Waals surface area (Å²) in [5.41, 5.74) is 6.18. The minimum Gasteiger partial charge on any atom is -0.369 e. The van der Waals surface area contributed by atoms with Gasteiger partial charge in [0, 0.05) is 0 Å². The van der Waals surface area contributed by atoms with Crippen LogP contribution in [-0.2, 0) is 4.79 Å². The Balaban J connectivity index is 2.12. The topological polar surface area (TPSA) is 43.1 Å². The summed E-state index contributed by atoms with van der Waals surface area (Å²) in [7, 11) is 0. The molecule has 5 rings (SSSR count). The fourth-order valence-electron chi connectivity index (χ4n) is 4.76. The Bertz CT molecular complexity index is 300. The van der Waals surface area contributed by atoms with Crippen molar-refractivity contribution in [2.45, 2.75) is 33.1 Å². The van der Waals surface area contributed by atoms with Gasteiger partial charge in [-0.1, -0.05) is 13.8 Å². The predicted octanol–water partition coefficient (Wildman–Crippen LogP) is 1.30. The van der Waals surface area contributed by atoms with E-state index in [1.165, 1.54) is 12.8 Å². The Morgan fingerprint density at radius 1 is 1.50 bits per heavy atom. The summed E-state index contributed by atoms with van der Waals surface area (Å²) in [5.74, 6) is 0.601. The standard InChI is InChI=1S/C10H15NO/c1-8-5-10(7(11)12)6(8)3-4-9(8,10)2/h6H,3-5H2,1-2H3,(H2,11,12)/t6-,8+,9-,10-/m0/s1. The molecule has 4 bridgehead atoms. The zero-order valence-electron chi connectivity index (χ0n) is 7.68. The van der Waals surface area contributed by atoms with Crippen molar-refractivity contribution in [2.24, 2.45) is 27.9 Å². The highest BCUT2D eigenvalue weighted by atomic mass is 16.1. The SMILES string of the molecule is C[C@]12CC[C@H]3[C@@]1(C)C[C@@]32C(N)=O. The van der Waals surface area contributed by atoms with Crippen LogP contribution in [0.25, 0.3) is 0 Å². The molecule has 12 heavy (non-hydrogen) atoms. The quantitative estimate of drug-likeness (QED) is 0.625. The van der Waals surface area contributed by atoms with Crippen molar-refractivity contribution >= 4 is 5.91 Å². The van der Waals surface area contributed by atoms with Crippen LogP contribution >= 0.6 is 0 Å². The largest absolute Gasteiger partial charge is 0.369 e. The zero-order chi connectivity index (χ0) is 8.78. The van der Waals surface area contributed by atoms with Crippen LogP contribution in [0.1, 0.15) is 33.1 Å². The van der Waals surface area contributed by atoms with E-state index >= 15 is 0 Å². The number of amides is 1. The van der Waals surface area contributed by atoms with Gasteiger partial charge in [-0.15, -0.1) is 0 Å². The lowest BCUT2D eigenvalue weighted by Crippen LogP contribution is -2.81. The highest BCUT2D eigenvalue weighted by Gasteiger charge is 2.91. The molecule has 0 aromatic carbocycles. The number of hydrogen-bond donors (Lipinski definition) is 1. The van der Waals surface area contributed by atoms with Gasteiger partial charge in [-0.05, 0) is 36.0 Å². The van der Waals surface area contributed by atoms with Gasteiger partial charge in [0.25, 0.3) is 0 Å². The fraction of sp³-hybridized carbons (Fsp3) is 0.900. The van der Waals surface area contributed by atoms with E-state index in [0.717, 1.165) is 6.42 Å². The third-order valence-corrected chi connectivity index (χ3v) is 5.63. The second-order valence-corrected chi connectivity index (χ2v) is 5.35. The first-order chi connectivity index (χ1) is 5.49. The normalized spacial score (nSPS) is 65.3. The lowest BCUT2D eigenvalue weighted by atomic mass is 9.21. The molecule has 5 aliphatic carbocycles. The second-order valence-electron chi connectivity index (χ2n) is 5.35. The molecule has 0 heterocycles. The summed E-state index contributed by atoms with van der Waals surface area (Å²) < 4.78 is 0. The van der Waals surface area contributed by atoms with E-state index in [-0.39, 0.29) is 16.7 Å². The summed E-state index contributed by atoms with van der Waals surface area (Å²) in [6.07, 6.45) is 3.52. The van der Waals surface area contributed by atoms with E-state index in [0.29, 0.717) is 11.3 Å². The molecule has 5 aliphatic rings. The molecule has 1 amide bonds. The van der Waals surface area contributed by atoms with Crippen LogP contribution in [0.2, 0.25) is 0 Å². The van der Waals surface area contributed by atoms with Crippen molar-refractivity contribution in [3.05, 3.63) is 0 Å². The first kappa shape index (κ1) is 6.93. The van der Waals surface area contributed by atoms with E-state index in [1.807, 2.05) is 0 Å². The summed E-state index contributed by atoms with van der Waals surface area (Å²) in [6, 6.07) is 0. The van der Waals surface area contributed by atoms with Crippen molar-refractivity contribution < 1.29 is 4.79 Å². The lowest BCUT2D eigenvalue weighted by molar-refractivity contribution is -0.327. The van der Waals surface area contributed by atoms with E-state index in [1.54, 1.807) is 0 Å². The molecule has 66 valence electrons. The van der Waals surface area contributed by atoms with Gasteiger partial charge in [0.2, 0.25) is 5.91 Å². The molecule has 4 atom stereocenters. The van der Waals surface area contributed by atoms with Gasteiger partial charge < -0.3 is 5.73 Å². The molecule has 0 spiro atoms. The van der Waals surface area contributed by atoms with Crippen LogP contribution in [0.5, 0.6) is 0 Å². The van der Waals surface area contributed by atoms with E-state index < -0.39 is 0 Å². The van der Waals surface area contributed by atoms with Crippen LogP contribution in [0.3, 0.4) is 0 Å². The molecule has 0 aromatic rings. The summed E-state index contributed by atoms with van der Waals surface area (Å²) in [4.78, 5) is 11.4. The van der Waals surface area contributed by atoms with Gasteiger partial charge in [0.05, 0.1) is 5.41 Å².